The van der Waals surface area contributed by atoms with Crippen molar-refractivity contribution in [3.8, 4) is 0 Å². The summed E-state index contributed by atoms with van der Waals surface area (Å²) in [6, 6.07) is 9.57. The fraction of sp³-hybridized carbons (Fsp3) is 0.562. The number of oxazole rings is 1. The number of allylic oxidation sites excluding steroid dienone is 3. The van der Waals surface area contributed by atoms with Crippen LogP contribution in [-0.4, -0.2) is 73.3 Å². The Kier molecular flexibility index (Phi) is 9.04. The maximum absolute atomic E-state index is 13.9. The van der Waals surface area contributed by atoms with Crippen molar-refractivity contribution in [2.75, 3.05) is 19.7 Å². The zero-order chi connectivity index (χ0) is 30.0. The molecule has 0 radical (unpaired) electrons. The van der Waals surface area contributed by atoms with Crippen LogP contribution in [0.15, 0.2) is 65.6 Å². The summed E-state index contributed by atoms with van der Waals surface area (Å²) < 4.78 is 52.5. The second-order valence-corrected chi connectivity index (χ2v) is 14.7. The molecule has 2 aliphatic heterocycles. The maximum Gasteiger partial charge on any atom is 0.407 e. The Morgan fingerprint density at radius 1 is 1.19 bits per heavy atom. The second kappa shape index (κ2) is 12.9. The van der Waals surface area contributed by atoms with E-state index < -0.39 is 21.4 Å². The molecule has 1 aromatic carbocycles. The molecule has 1 amide bonds. The van der Waals surface area contributed by atoms with E-state index in [2.05, 4.69) is 10.3 Å². The molecule has 4 aliphatic rings. The van der Waals surface area contributed by atoms with Crippen LogP contribution in [0, 0.1) is 17.8 Å². The predicted molar refractivity (Wildman–Crippen MR) is 160 cm³/mol. The van der Waals surface area contributed by atoms with E-state index >= 15 is 0 Å². The third-order valence-corrected chi connectivity index (χ3v) is 11.0. The van der Waals surface area contributed by atoms with Gasteiger partial charge in [0.1, 0.15) is 6.10 Å². The van der Waals surface area contributed by atoms with Crippen LogP contribution >= 0.6 is 0 Å². The Labute approximate surface area is 253 Å². The lowest BCUT2D eigenvalue weighted by Crippen LogP contribution is -2.48. The number of alkyl carbamates (subject to hydrolysis) is 1. The van der Waals surface area contributed by atoms with E-state index in [1.54, 1.807) is 22.7 Å². The maximum atomic E-state index is 13.9. The van der Waals surface area contributed by atoms with Crippen molar-refractivity contribution in [1.29, 1.82) is 0 Å². The van der Waals surface area contributed by atoms with Gasteiger partial charge < -0.3 is 23.9 Å². The number of aromatic nitrogens is 1. The van der Waals surface area contributed by atoms with Gasteiger partial charge in [-0.15, -0.1) is 0 Å². The number of amides is 1. The van der Waals surface area contributed by atoms with E-state index in [0.29, 0.717) is 44.1 Å². The van der Waals surface area contributed by atoms with Crippen molar-refractivity contribution >= 4 is 21.7 Å². The van der Waals surface area contributed by atoms with Gasteiger partial charge in [-0.05, 0) is 43.6 Å². The molecule has 2 aromatic rings. The number of hydrogen-bond donors (Lipinski definition) is 1. The average Bonchev–Trinajstić information content (AvgIpc) is 3.63. The Morgan fingerprint density at radius 2 is 2.02 bits per heavy atom. The SMILES string of the molecule is CC(C)CN(CCC(Cc1ccccc1)NC(=O)OC1C2COC3OC1CC3C2)S(=O)(=O)C1C=CC(c2cnco2)=CC1. The molecule has 6 rings (SSSR count). The smallest absolute Gasteiger partial charge is 0.407 e. The lowest BCUT2D eigenvalue weighted by Gasteiger charge is -2.36. The van der Waals surface area contributed by atoms with Crippen LogP contribution < -0.4 is 5.32 Å². The number of sulfonamides is 1. The van der Waals surface area contributed by atoms with Crippen LogP contribution in [0.2, 0.25) is 0 Å². The standard InChI is InChI=1S/C32H41N3O7S/c1-21(2)18-35(43(37,38)27-10-8-23(9-11-27)29-17-33-20-40-29)13-12-26(14-22-6-4-3-5-7-22)34-32(36)42-30-25-15-24-16-28(30)41-31(24)39-19-25/h3-10,17,20-21,24-28,30-31H,11-16,18-19H2,1-2H3,(H,34,36). The molecule has 0 spiro atoms. The van der Waals surface area contributed by atoms with Gasteiger partial charge in [0.2, 0.25) is 10.0 Å². The van der Waals surface area contributed by atoms with Gasteiger partial charge in [-0.1, -0.05) is 62.4 Å². The first-order valence-corrected chi connectivity index (χ1v) is 16.8. The Hall–Kier alpha value is -2.99. The molecule has 232 valence electrons. The van der Waals surface area contributed by atoms with Gasteiger partial charge in [-0.25, -0.2) is 22.5 Å². The highest BCUT2D eigenvalue weighted by molar-refractivity contribution is 7.89. The second-order valence-electron chi connectivity index (χ2n) is 12.5. The normalized spacial score (nSPS) is 28.7. The summed E-state index contributed by atoms with van der Waals surface area (Å²) in [5.41, 5.74) is 1.87. The highest BCUT2D eigenvalue weighted by Crippen LogP contribution is 2.46. The van der Waals surface area contributed by atoms with Gasteiger partial charge in [0.15, 0.2) is 18.4 Å². The molecule has 7 atom stereocenters. The van der Waals surface area contributed by atoms with E-state index in [-0.39, 0.29) is 42.9 Å². The molecule has 1 saturated carbocycles. The van der Waals surface area contributed by atoms with Crippen molar-refractivity contribution in [1.82, 2.24) is 14.6 Å². The molecular weight excluding hydrogens is 570 g/mol. The number of benzene rings is 1. The first-order chi connectivity index (χ1) is 20.8. The Bertz CT molecular complexity index is 1400. The van der Waals surface area contributed by atoms with Crippen molar-refractivity contribution in [2.24, 2.45) is 17.8 Å². The quantitative estimate of drug-likeness (QED) is 0.371. The van der Waals surface area contributed by atoms with Crippen LogP contribution in [0.1, 0.15) is 50.9 Å². The van der Waals surface area contributed by atoms with Crippen LogP contribution in [-0.2, 0) is 30.7 Å². The van der Waals surface area contributed by atoms with Crippen molar-refractivity contribution in [3.05, 3.63) is 72.5 Å². The van der Waals surface area contributed by atoms with Crippen molar-refractivity contribution < 1.29 is 31.8 Å². The number of rotatable bonds is 12. The zero-order valence-electron chi connectivity index (χ0n) is 24.7. The third-order valence-electron chi connectivity index (χ3n) is 8.85. The summed E-state index contributed by atoms with van der Waals surface area (Å²) in [4.78, 5) is 17.2. The summed E-state index contributed by atoms with van der Waals surface area (Å²) in [6.07, 6.45) is 10.3. The lowest BCUT2D eigenvalue weighted by molar-refractivity contribution is -0.153. The molecule has 10 nitrogen and oxygen atoms in total. The number of nitrogens with zero attached hydrogens (tertiary/aromatic N) is 2. The topological polar surface area (TPSA) is 120 Å². The summed E-state index contributed by atoms with van der Waals surface area (Å²) in [6.45, 7) is 5.22. The monoisotopic (exact) mass is 611 g/mol. The molecule has 2 saturated heterocycles. The highest BCUT2D eigenvalue weighted by Gasteiger charge is 2.53. The van der Waals surface area contributed by atoms with Gasteiger partial charge in [0.25, 0.3) is 0 Å². The molecule has 11 heteroatoms. The Morgan fingerprint density at radius 3 is 2.74 bits per heavy atom. The number of nitrogens with one attached hydrogen (secondary N) is 1. The molecule has 43 heavy (non-hydrogen) atoms. The molecule has 3 fully saturated rings. The van der Waals surface area contributed by atoms with E-state index in [0.717, 1.165) is 24.0 Å². The molecule has 2 aliphatic carbocycles. The molecule has 1 N–H and O–H groups in total. The molecule has 3 bridgehead atoms. The number of ether oxygens (including phenoxy) is 3. The highest BCUT2D eigenvalue weighted by atomic mass is 32.2. The number of carbonyl (C=O) groups is 1. The molecular formula is C32H41N3O7S. The first-order valence-electron chi connectivity index (χ1n) is 15.3. The van der Waals surface area contributed by atoms with Crippen LogP contribution in [0.5, 0.6) is 0 Å². The molecule has 1 aromatic heterocycles. The lowest BCUT2D eigenvalue weighted by atomic mass is 9.78. The van der Waals surface area contributed by atoms with Crippen molar-refractivity contribution in [2.45, 2.75) is 75.7 Å². The minimum atomic E-state index is -3.66. The van der Waals surface area contributed by atoms with Gasteiger partial charge >= 0.3 is 6.09 Å². The van der Waals surface area contributed by atoms with E-state index in [9.17, 15) is 13.2 Å². The minimum absolute atomic E-state index is 0.132. The van der Waals surface area contributed by atoms with Crippen molar-refractivity contribution in [3.63, 3.8) is 0 Å². The summed E-state index contributed by atoms with van der Waals surface area (Å²) in [5.74, 6) is 1.26. The van der Waals surface area contributed by atoms with E-state index in [1.165, 1.54) is 6.39 Å². The zero-order valence-corrected chi connectivity index (χ0v) is 25.5. The van der Waals surface area contributed by atoms with E-state index in [1.807, 2.05) is 50.3 Å². The summed E-state index contributed by atoms with van der Waals surface area (Å²) >= 11 is 0. The Balaban J connectivity index is 1.13. The van der Waals surface area contributed by atoms with Crippen LogP contribution in [0.3, 0.4) is 0 Å². The van der Waals surface area contributed by atoms with Gasteiger partial charge in [0.05, 0.1) is 24.2 Å². The van der Waals surface area contributed by atoms with E-state index in [4.69, 9.17) is 18.6 Å². The summed E-state index contributed by atoms with van der Waals surface area (Å²) in [5, 5.41) is 2.39. The summed E-state index contributed by atoms with van der Waals surface area (Å²) in [7, 11) is -3.66. The largest absolute Gasteiger partial charge is 0.444 e. The number of hydrogen-bond acceptors (Lipinski definition) is 8. The fourth-order valence-corrected chi connectivity index (χ4v) is 8.62. The van der Waals surface area contributed by atoms with Gasteiger partial charge in [-0.2, -0.15) is 0 Å². The first kappa shape index (κ1) is 30.1. The minimum Gasteiger partial charge on any atom is -0.444 e. The van der Waals surface area contributed by atoms with Gasteiger partial charge in [-0.3, -0.25) is 0 Å². The third kappa shape index (κ3) is 6.90. The van der Waals surface area contributed by atoms with Crippen LogP contribution in [0.25, 0.3) is 5.57 Å². The number of carbonyl (C=O) groups excluding carboxylic acids is 1. The fourth-order valence-electron chi connectivity index (χ4n) is 6.75. The predicted octanol–water partition coefficient (Wildman–Crippen LogP) is 4.55. The molecule has 7 unspecified atom stereocenters. The van der Waals surface area contributed by atoms with Gasteiger partial charge in [0, 0.05) is 36.5 Å². The molecule has 3 heterocycles. The average molecular weight is 612 g/mol. The van der Waals surface area contributed by atoms with Crippen LogP contribution in [0.4, 0.5) is 4.79 Å². The number of fused-ring (bicyclic) bond motifs is 2.